The number of nitrogen functional groups attached to an aromatic ring is 1. The molecular weight excluding hydrogens is 334 g/mol. The zero-order chi connectivity index (χ0) is 16.8. The molecule has 0 aliphatic rings. The van der Waals surface area contributed by atoms with Gasteiger partial charge in [0.25, 0.3) is 0 Å². The number of nitrogens with two attached hydrogens (primary N) is 1. The van der Waals surface area contributed by atoms with Crippen molar-refractivity contribution in [2.75, 3.05) is 5.73 Å². The highest BCUT2D eigenvalue weighted by Crippen LogP contribution is 2.22. The third kappa shape index (κ3) is 5.49. The van der Waals surface area contributed by atoms with E-state index in [9.17, 15) is 13.6 Å². The van der Waals surface area contributed by atoms with Gasteiger partial charge in [0.2, 0.25) is 5.91 Å². The lowest BCUT2D eigenvalue weighted by atomic mass is 10.0. The lowest BCUT2D eigenvalue weighted by Gasteiger charge is -2.19. The number of halogens is 3. The molecule has 1 atom stereocenters. The lowest BCUT2D eigenvalue weighted by Crippen LogP contribution is -2.30. The van der Waals surface area contributed by atoms with E-state index < -0.39 is 17.7 Å². The molecular formula is C18H21ClF2N2O. The van der Waals surface area contributed by atoms with Crippen LogP contribution in [0.1, 0.15) is 36.9 Å². The maximum atomic E-state index is 13.9. The van der Waals surface area contributed by atoms with E-state index >= 15 is 0 Å². The number of hydrogen-bond acceptors (Lipinski definition) is 2. The molecule has 2 aromatic rings. The van der Waals surface area contributed by atoms with Gasteiger partial charge in [0, 0.05) is 17.3 Å². The van der Waals surface area contributed by atoms with Crippen molar-refractivity contribution in [1.29, 1.82) is 0 Å². The maximum Gasteiger partial charge on any atom is 0.224 e. The standard InChI is InChI=1S/C18H20F2N2O.ClH/c1-2-3-17(15-9-6-13(19)11-16(15)20)22-18(23)10-12-4-7-14(21)8-5-12;/h4-9,11,17H,2-3,10,21H2,1H3,(H,22,23);1H. The molecule has 1 amide bonds. The second kappa shape index (κ2) is 9.23. The van der Waals surface area contributed by atoms with Crippen LogP contribution in [0, 0.1) is 11.6 Å². The van der Waals surface area contributed by atoms with Crippen molar-refractivity contribution >= 4 is 24.0 Å². The summed E-state index contributed by atoms with van der Waals surface area (Å²) in [6, 6.07) is 9.97. The highest BCUT2D eigenvalue weighted by atomic mass is 35.5. The van der Waals surface area contributed by atoms with Crippen LogP contribution in [0.25, 0.3) is 0 Å². The van der Waals surface area contributed by atoms with Gasteiger partial charge in [0.1, 0.15) is 11.6 Å². The van der Waals surface area contributed by atoms with Crippen LogP contribution in [-0.4, -0.2) is 5.91 Å². The summed E-state index contributed by atoms with van der Waals surface area (Å²) in [6.07, 6.45) is 1.53. The number of amides is 1. The predicted octanol–water partition coefficient (Wildman–Crippen LogP) is 4.17. The van der Waals surface area contributed by atoms with Gasteiger partial charge >= 0.3 is 0 Å². The number of benzene rings is 2. The molecule has 3 nitrogen and oxygen atoms in total. The zero-order valence-electron chi connectivity index (χ0n) is 13.4. The second-order valence-electron chi connectivity index (χ2n) is 5.49. The molecule has 0 saturated heterocycles. The smallest absolute Gasteiger partial charge is 0.224 e. The number of carbonyl (C=O) groups excluding carboxylic acids is 1. The Balaban J connectivity index is 0.00000288. The molecule has 1 unspecified atom stereocenters. The Bertz CT molecular complexity index is 677. The van der Waals surface area contributed by atoms with Crippen molar-refractivity contribution in [2.45, 2.75) is 32.2 Å². The van der Waals surface area contributed by atoms with Crippen LogP contribution in [0.5, 0.6) is 0 Å². The molecule has 0 spiro atoms. The average Bonchev–Trinajstić information content (AvgIpc) is 2.49. The van der Waals surface area contributed by atoms with Crippen LogP contribution in [-0.2, 0) is 11.2 Å². The van der Waals surface area contributed by atoms with E-state index in [1.165, 1.54) is 12.1 Å². The van der Waals surface area contributed by atoms with Crippen LogP contribution >= 0.6 is 12.4 Å². The molecule has 0 aliphatic heterocycles. The van der Waals surface area contributed by atoms with Gasteiger partial charge < -0.3 is 11.1 Å². The van der Waals surface area contributed by atoms with E-state index in [-0.39, 0.29) is 24.7 Å². The topological polar surface area (TPSA) is 55.1 Å². The minimum Gasteiger partial charge on any atom is -0.399 e. The summed E-state index contributed by atoms with van der Waals surface area (Å²) in [5, 5.41) is 2.82. The Hall–Kier alpha value is -2.14. The van der Waals surface area contributed by atoms with Crippen LogP contribution in [0.4, 0.5) is 14.5 Å². The van der Waals surface area contributed by atoms with E-state index in [2.05, 4.69) is 5.32 Å². The van der Waals surface area contributed by atoms with Crippen LogP contribution < -0.4 is 11.1 Å². The van der Waals surface area contributed by atoms with Gasteiger partial charge in [-0.15, -0.1) is 12.4 Å². The van der Waals surface area contributed by atoms with Gasteiger partial charge in [-0.05, 0) is 30.2 Å². The Labute approximate surface area is 146 Å². The number of anilines is 1. The van der Waals surface area contributed by atoms with Crippen LogP contribution in [0.3, 0.4) is 0 Å². The average molecular weight is 355 g/mol. The minimum atomic E-state index is -0.642. The van der Waals surface area contributed by atoms with Crippen molar-refractivity contribution in [2.24, 2.45) is 0 Å². The Morgan fingerprint density at radius 3 is 2.42 bits per heavy atom. The minimum absolute atomic E-state index is 0. The summed E-state index contributed by atoms with van der Waals surface area (Å²) >= 11 is 0. The van der Waals surface area contributed by atoms with Gasteiger partial charge in [0.15, 0.2) is 0 Å². The van der Waals surface area contributed by atoms with Crippen molar-refractivity contribution in [1.82, 2.24) is 5.32 Å². The molecule has 130 valence electrons. The normalized spacial score (nSPS) is 11.5. The number of rotatable bonds is 6. The third-order valence-corrected chi connectivity index (χ3v) is 3.59. The molecule has 2 aromatic carbocycles. The summed E-state index contributed by atoms with van der Waals surface area (Å²) in [5.74, 6) is -1.48. The highest BCUT2D eigenvalue weighted by Gasteiger charge is 2.18. The summed E-state index contributed by atoms with van der Waals surface area (Å²) in [4.78, 5) is 12.2. The van der Waals surface area contributed by atoms with E-state index in [0.717, 1.165) is 18.1 Å². The first-order valence-corrected chi connectivity index (χ1v) is 7.58. The summed E-state index contributed by atoms with van der Waals surface area (Å²) in [6.45, 7) is 1.94. The number of hydrogen-bond donors (Lipinski definition) is 2. The first kappa shape index (κ1) is 19.9. The van der Waals surface area contributed by atoms with Crippen molar-refractivity contribution < 1.29 is 13.6 Å². The fourth-order valence-electron chi connectivity index (χ4n) is 2.44. The molecule has 0 radical (unpaired) electrons. The fraction of sp³-hybridized carbons (Fsp3) is 0.278. The van der Waals surface area contributed by atoms with E-state index in [1.54, 1.807) is 24.3 Å². The van der Waals surface area contributed by atoms with Gasteiger partial charge in [0.05, 0.1) is 12.5 Å². The molecule has 0 bridgehead atoms. The molecule has 3 N–H and O–H groups in total. The van der Waals surface area contributed by atoms with E-state index in [4.69, 9.17) is 5.73 Å². The molecule has 0 fully saturated rings. The summed E-state index contributed by atoms with van der Waals surface area (Å²) in [7, 11) is 0. The molecule has 24 heavy (non-hydrogen) atoms. The second-order valence-corrected chi connectivity index (χ2v) is 5.49. The third-order valence-electron chi connectivity index (χ3n) is 3.59. The van der Waals surface area contributed by atoms with Crippen LogP contribution in [0.15, 0.2) is 42.5 Å². The Morgan fingerprint density at radius 2 is 1.83 bits per heavy atom. The fourth-order valence-corrected chi connectivity index (χ4v) is 2.44. The summed E-state index contributed by atoms with van der Waals surface area (Å²) in [5.41, 5.74) is 7.37. The Morgan fingerprint density at radius 1 is 1.17 bits per heavy atom. The van der Waals surface area contributed by atoms with E-state index in [1.807, 2.05) is 6.92 Å². The van der Waals surface area contributed by atoms with Gasteiger partial charge in [-0.1, -0.05) is 31.5 Å². The van der Waals surface area contributed by atoms with Crippen molar-refractivity contribution in [3.05, 3.63) is 65.2 Å². The highest BCUT2D eigenvalue weighted by molar-refractivity contribution is 5.85. The van der Waals surface area contributed by atoms with Gasteiger partial charge in [-0.3, -0.25) is 4.79 Å². The SMILES string of the molecule is CCCC(NC(=O)Cc1ccc(N)cc1)c1ccc(F)cc1F.Cl. The molecule has 6 heteroatoms. The van der Waals surface area contributed by atoms with Crippen molar-refractivity contribution in [3.8, 4) is 0 Å². The molecule has 0 aromatic heterocycles. The molecule has 0 heterocycles. The van der Waals surface area contributed by atoms with Crippen molar-refractivity contribution in [3.63, 3.8) is 0 Å². The maximum absolute atomic E-state index is 13.9. The lowest BCUT2D eigenvalue weighted by molar-refractivity contribution is -0.121. The number of carbonyl (C=O) groups is 1. The molecule has 0 saturated carbocycles. The monoisotopic (exact) mass is 354 g/mol. The predicted molar refractivity (Wildman–Crippen MR) is 94.0 cm³/mol. The van der Waals surface area contributed by atoms with E-state index in [0.29, 0.717) is 17.7 Å². The zero-order valence-corrected chi connectivity index (χ0v) is 14.2. The van der Waals surface area contributed by atoms with Gasteiger partial charge in [-0.2, -0.15) is 0 Å². The molecule has 0 aliphatic carbocycles. The first-order chi connectivity index (χ1) is 11.0. The summed E-state index contributed by atoms with van der Waals surface area (Å²) < 4.78 is 27.0. The van der Waals surface area contributed by atoms with Gasteiger partial charge in [-0.25, -0.2) is 8.78 Å². The number of nitrogens with one attached hydrogen (secondary N) is 1. The largest absolute Gasteiger partial charge is 0.399 e. The quantitative estimate of drug-likeness (QED) is 0.765. The Kier molecular flexibility index (Phi) is 7.65. The van der Waals surface area contributed by atoms with Crippen LogP contribution in [0.2, 0.25) is 0 Å². The molecule has 2 rings (SSSR count). The first-order valence-electron chi connectivity index (χ1n) is 7.58.